The first kappa shape index (κ1) is 28.6. The molecule has 49 heavy (non-hydrogen) atoms. The van der Waals surface area contributed by atoms with Crippen LogP contribution in [-0.2, 0) is 0 Å². The second-order valence-electron chi connectivity index (χ2n) is 12.2. The fraction of sp³-hybridized carbons (Fsp3) is 0. The summed E-state index contributed by atoms with van der Waals surface area (Å²) < 4.78 is 6.39. The fourth-order valence-corrected chi connectivity index (χ4v) is 6.57. The summed E-state index contributed by atoms with van der Waals surface area (Å²) in [6, 6.07) is 63.5. The Kier molecular flexibility index (Phi) is 7.14. The standard InChI is InChI=1S/C46H30N2O/c1-3-11-31(12-4-1)33-25-27-36(28-26-33)43-45-44(41-19-7-8-20-42(41)49-45)48-46(47-43)40-18-10-17-39(30-40)35-23-21-34(22-24-35)38-16-9-15-37(29-38)32-13-5-2-6-14-32/h1-30H. The Balaban J connectivity index is 1.09. The molecule has 2 aromatic heterocycles. The van der Waals surface area contributed by atoms with Gasteiger partial charge in [-0.1, -0.05) is 158 Å². The summed E-state index contributed by atoms with van der Waals surface area (Å²) >= 11 is 0. The van der Waals surface area contributed by atoms with Crippen molar-refractivity contribution in [2.45, 2.75) is 0 Å². The van der Waals surface area contributed by atoms with E-state index in [0.717, 1.165) is 50.0 Å². The zero-order valence-corrected chi connectivity index (χ0v) is 26.6. The van der Waals surface area contributed by atoms with Crippen LogP contribution in [0.15, 0.2) is 186 Å². The first-order valence-corrected chi connectivity index (χ1v) is 16.5. The van der Waals surface area contributed by atoms with Gasteiger partial charge in [0.2, 0.25) is 0 Å². The monoisotopic (exact) mass is 626 g/mol. The molecule has 9 rings (SSSR count). The predicted molar refractivity (Wildman–Crippen MR) is 202 cm³/mol. The number of aromatic nitrogens is 2. The van der Waals surface area contributed by atoms with E-state index in [0.29, 0.717) is 11.4 Å². The molecule has 0 atom stereocenters. The highest BCUT2D eigenvalue weighted by Gasteiger charge is 2.18. The lowest BCUT2D eigenvalue weighted by atomic mass is 9.96. The third-order valence-corrected chi connectivity index (χ3v) is 9.13. The molecule has 230 valence electrons. The summed E-state index contributed by atoms with van der Waals surface area (Å²) in [5.74, 6) is 0.664. The van der Waals surface area contributed by atoms with E-state index in [1.165, 1.54) is 27.8 Å². The van der Waals surface area contributed by atoms with Gasteiger partial charge < -0.3 is 4.42 Å². The Labute approximate surface area is 284 Å². The van der Waals surface area contributed by atoms with Gasteiger partial charge >= 0.3 is 0 Å². The molecule has 0 saturated carbocycles. The van der Waals surface area contributed by atoms with Gasteiger partial charge in [0, 0.05) is 16.5 Å². The number of benzene rings is 7. The molecule has 3 nitrogen and oxygen atoms in total. The molecule has 0 N–H and O–H groups in total. The predicted octanol–water partition coefficient (Wildman–Crippen LogP) is 12.4. The van der Waals surface area contributed by atoms with Crippen LogP contribution in [0.2, 0.25) is 0 Å². The maximum Gasteiger partial charge on any atom is 0.180 e. The average Bonchev–Trinajstić information content (AvgIpc) is 3.57. The molecule has 9 aromatic rings. The number of fused-ring (bicyclic) bond motifs is 3. The Morgan fingerprint density at radius 2 is 0.755 bits per heavy atom. The van der Waals surface area contributed by atoms with Crippen molar-refractivity contribution in [3.8, 4) is 67.2 Å². The molecule has 0 amide bonds. The summed E-state index contributed by atoms with van der Waals surface area (Å²) in [6.45, 7) is 0. The SMILES string of the molecule is c1ccc(-c2ccc(-c3nc(-c4cccc(-c5ccc(-c6cccc(-c7ccccc7)c6)cc5)c4)nc4c3oc3ccccc34)cc2)cc1. The Hall–Kier alpha value is -6.58. The van der Waals surface area contributed by atoms with Crippen molar-refractivity contribution in [2.24, 2.45) is 0 Å². The van der Waals surface area contributed by atoms with Crippen molar-refractivity contribution in [1.29, 1.82) is 0 Å². The van der Waals surface area contributed by atoms with Gasteiger partial charge in [0.25, 0.3) is 0 Å². The Morgan fingerprint density at radius 1 is 0.327 bits per heavy atom. The van der Waals surface area contributed by atoms with Gasteiger partial charge in [0.05, 0.1) is 0 Å². The molecule has 0 saturated heterocycles. The number of furan rings is 1. The highest BCUT2D eigenvalue weighted by molar-refractivity contribution is 6.07. The van der Waals surface area contributed by atoms with Crippen LogP contribution in [0.3, 0.4) is 0 Å². The third-order valence-electron chi connectivity index (χ3n) is 9.13. The summed E-state index contributed by atoms with van der Waals surface area (Å²) in [6.07, 6.45) is 0. The minimum absolute atomic E-state index is 0.664. The first-order valence-electron chi connectivity index (χ1n) is 16.5. The number of hydrogen-bond donors (Lipinski definition) is 0. The van der Waals surface area contributed by atoms with E-state index in [1.54, 1.807) is 0 Å². The van der Waals surface area contributed by atoms with Crippen LogP contribution in [0.4, 0.5) is 0 Å². The smallest absolute Gasteiger partial charge is 0.180 e. The molecule has 7 aromatic carbocycles. The molecule has 0 aliphatic carbocycles. The van der Waals surface area contributed by atoms with E-state index >= 15 is 0 Å². The lowest BCUT2D eigenvalue weighted by Gasteiger charge is -2.10. The van der Waals surface area contributed by atoms with Crippen molar-refractivity contribution in [3.05, 3.63) is 182 Å². The van der Waals surface area contributed by atoms with Crippen molar-refractivity contribution in [3.63, 3.8) is 0 Å². The molecule has 0 bridgehead atoms. The van der Waals surface area contributed by atoms with E-state index in [2.05, 4.69) is 158 Å². The molecule has 0 spiro atoms. The molecular weight excluding hydrogens is 597 g/mol. The van der Waals surface area contributed by atoms with E-state index in [-0.39, 0.29) is 0 Å². The number of hydrogen-bond acceptors (Lipinski definition) is 3. The maximum absolute atomic E-state index is 6.39. The van der Waals surface area contributed by atoms with Gasteiger partial charge in [-0.3, -0.25) is 0 Å². The zero-order valence-electron chi connectivity index (χ0n) is 26.6. The van der Waals surface area contributed by atoms with Crippen LogP contribution in [-0.4, -0.2) is 9.97 Å². The van der Waals surface area contributed by atoms with Crippen LogP contribution in [0.1, 0.15) is 0 Å². The number of rotatable bonds is 6. The van der Waals surface area contributed by atoms with Crippen LogP contribution < -0.4 is 0 Å². The Morgan fingerprint density at radius 3 is 1.37 bits per heavy atom. The van der Waals surface area contributed by atoms with Gasteiger partial charge in [-0.25, -0.2) is 9.97 Å². The van der Waals surface area contributed by atoms with E-state index < -0.39 is 0 Å². The van der Waals surface area contributed by atoms with Crippen molar-refractivity contribution in [2.75, 3.05) is 0 Å². The summed E-state index contributed by atoms with van der Waals surface area (Å²) in [4.78, 5) is 10.3. The van der Waals surface area contributed by atoms with Crippen molar-refractivity contribution >= 4 is 22.1 Å². The van der Waals surface area contributed by atoms with E-state index in [1.807, 2.05) is 24.3 Å². The van der Waals surface area contributed by atoms with Crippen LogP contribution in [0.25, 0.3) is 89.2 Å². The molecule has 0 unspecified atom stereocenters. The van der Waals surface area contributed by atoms with Crippen LogP contribution in [0.5, 0.6) is 0 Å². The minimum Gasteiger partial charge on any atom is -0.452 e. The second kappa shape index (κ2) is 12.2. The fourth-order valence-electron chi connectivity index (χ4n) is 6.57. The average molecular weight is 627 g/mol. The Bertz CT molecular complexity index is 2570. The van der Waals surface area contributed by atoms with Crippen LogP contribution in [0, 0.1) is 0 Å². The highest BCUT2D eigenvalue weighted by atomic mass is 16.3. The van der Waals surface area contributed by atoms with Gasteiger partial charge in [-0.15, -0.1) is 0 Å². The lowest BCUT2D eigenvalue weighted by Crippen LogP contribution is -1.94. The largest absolute Gasteiger partial charge is 0.452 e. The van der Waals surface area contributed by atoms with Gasteiger partial charge in [-0.05, 0) is 68.8 Å². The van der Waals surface area contributed by atoms with E-state index in [4.69, 9.17) is 14.4 Å². The molecule has 0 radical (unpaired) electrons. The molecule has 0 aliphatic rings. The number of para-hydroxylation sites is 1. The lowest BCUT2D eigenvalue weighted by molar-refractivity contribution is 0.667. The van der Waals surface area contributed by atoms with Gasteiger partial charge in [0.1, 0.15) is 16.8 Å². The molecule has 0 fully saturated rings. The van der Waals surface area contributed by atoms with E-state index in [9.17, 15) is 0 Å². The summed E-state index contributed by atoms with van der Waals surface area (Å²) in [7, 11) is 0. The first-order chi connectivity index (χ1) is 24.3. The van der Waals surface area contributed by atoms with Gasteiger partial charge in [-0.2, -0.15) is 0 Å². The molecular formula is C46H30N2O. The number of nitrogens with zero attached hydrogens (tertiary/aromatic N) is 2. The minimum atomic E-state index is 0.664. The van der Waals surface area contributed by atoms with Crippen molar-refractivity contribution < 1.29 is 4.42 Å². The normalized spacial score (nSPS) is 11.3. The van der Waals surface area contributed by atoms with Gasteiger partial charge in [0.15, 0.2) is 11.4 Å². The van der Waals surface area contributed by atoms with Crippen molar-refractivity contribution in [1.82, 2.24) is 9.97 Å². The topological polar surface area (TPSA) is 38.9 Å². The molecule has 2 heterocycles. The summed E-state index contributed by atoms with van der Waals surface area (Å²) in [5.41, 5.74) is 14.4. The quantitative estimate of drug-likeness (QED) is 0.184. The summed E-state index contributed by atoms with van der Waals surface area (Å²) in [5, 5.41) is 0.978. The highest BCUT2D eigenvalue weighted by Crippen LogP contribution is 2.37. The second-order valence-corrected chi connectivity index (χ2v) is 12.2. The third kappa shape index (κ3) is 5.48. The molecule has 0 aliphatic heterocycles. The maximum atomic E-state index is 6.39. The zero-order chi connectivity index (χ0) is 32.6. The van der Waals surface area contributed by atoms with Crippen LogP contribution >= 0.6 is 0 Å². The molecule has 3 heteroatoms.